The van der Waals surface area contributed by atoms with Crippen LogP contribution in [0, 0.1) is 13.8 Å². The van der Waals surface area contributed by atoms with Crippen LogP contribution in [0.5, 0.6) is 5.75 Å². The summed E-state index contributed by atoms with van der Waals surface area (Å²) in [4.78, 5) is 10.8. The van der Waals surface area contributed by atoms with Crippen molar-refractivity contribution in [3.63, 3.8) is 0 Å². The molecule has 0 atom stereocenters. The molecule has 1 aromatic rings. The molecule has 0 fully saturated rings. The summed E-state index contributed by atoms with van der Waals surface area (Å²) in [6, 6.07) is 2.93. The van der Waals surface area contributed by atoms with Crippen molar-refractivity contribution in [3.8, 4) is 5.75 Å². The summed E-state index contributed by atoms with van der Waals surface area (Å²) in [5.74, 6) is 0.132. The van der Waals surface area contributed by atoms with Crippen LogP contribution in [-0.2, 0) is 11.2 Å². The van der Waals surface area contributed by atoms with E-state index in [1.54, 1.807) is 13.8 Å². The first-order chi connectivity index (χ1) is 8.19. The second kappa shape index (κ2) is 5.61. The Bertz CT molecular complexity index is 432. The van der Waals surface area contributed by atoms with Crippen LogP contribution in [0.15, 0.2) is 12.1 Å². The van der Waals surface area contributed by atoms with Crippen molar-refractivity contribution < 1.29 is 22.7 Å². The standard InChI is InChI=1S/C12H12ClF3O2/c1-7-3-9(18-6-12(14,15)16)4-8(2)10(7)5-11(13)17/h3-4H,5-6H2,1-2H3. The lowest BCUT2D eigenvalue weighted by Gasteiger charge is -2.13. The molecule has 0 heterocycles. The van der Waals surface area contributed by atoms with Crippen LogP contribution >= 0.6 is 11.6 Å². The van der Waals surface area contributed by atoms with Crippen molar-refractivity contribution in [2.24, 2.45) is 0 Å². The third-order valence-corrected chi connectivity index (χ3v) is 2.52. The minimum Gasteiger partial charge on any atom is -0.484 e. The van der Waals surface area contributed by atoms with Gasteiger partial charge in [-0.2, -0.15) is 13.2 Å². The van der Waals surface area contributed by atoms with Crippen LogP contribution in [0.4, 0.5) is 13.2 Å². The van der Waals surface area contributed by atoms with Gasteiger partial charge in [-0.25, -0.2) is 0 Å². The van der Waals surface area contributed by atoms with Crippen LogP contribution in [-0.4, -0.2) is 18.0 Å². The molecule has 0 aliphatic heterocycles. The zero-order chi connectivity index (χ0) is 13.9. The van der Waals surface area contributed by atoms with E-state index in [0.29, 0.717) is 16.7 Å². The number of ether oxygens (including phenoxy) is 1. The monoisotopic (exact) mass is 280 g/mol. The average Bonchev–Trinajstić information content (AvgIpc) is 2.19. The second-order valence-electron chi connectivity index (χ2n) is 3.97. The maximum atomic E-state index is 12.0. The van der Waals surface area contributed by atoms with E-state index >= 15 is 0 Å². The molecule has 1 rings (SSSR count). The fraction of sp³-hybridized carbons (Fsp3) is 0.417. The van der Waals surface area contributed by atoms with Gasteiger partial charge in [0, 0.05) is 6.42 Å². The topological polar surface area (TPSA) is 26.3 Å². The van der Waals surface area contributed by atoms with Crippen LogP contribution in [0.2, 0.25) is 0 Å². The Morgan fingerprint density at radius 2 is 1.78 bits per heavy atom. The Hall–Kier alpha value is -1.23. The molecule has 2 nitrogen and oxygen atoms in total. The van der Waals surface area contributed by atoms with E-state index in [1.807, 2.05) is 0 Å². The number of carbonyl (C=O) groups is 1. The molecule has 0 aliphatic rings. The molecule has 0 radical (unpaired) electrons. The molecule has 1 aromatic carbocycles. The normalized spacial score (nSPS) is 11.4. The van der Waals surface area contributed by atoms with Crippen molar-refractivity contribution in [1.82, 2.24) is 0 Å². The van der Waals surface area contributed by atoms with Crippen molar-refractivity contribution >= 4 is 16.8 Å². The van der Waals surface area contributed by atoms with Gasteiger partial charge in [0.2, 0.25) is 5.24 Å². The Balaban J connectivity index is 2.89. The van der Waals surface area contributed by atoms with Crippen molar-refractivity contribution in [1.29, 1.82) is 0 Å². The summed E-state index contributed by atoms with van der Waals surface area (Å²) < 4.78 is 40.7. The van der Waals surface area contributed by atoms with Crippen molar-refractivity contribution in [2.75, 3.05) is 6.61 Å². The predicted molar refractivity (Wildman–Crippen MR) is 62.0 cm³/mol. The smallest absolute Gasteiger partial charge is 0.422 e. The van der Waals surface area contributed by atoms with E-state index in [-0.39, 0.29) is 12.2 Å². The molecular weight excluding hydrogens is 269 g/mol. The first-order valence-corrected chi connectivity index (χ1v) is 5.55. The molecule has 0 amide bonds. The van der Waals surface area contributed by atoms with E-state index in [9.17, 15) is 18.0 Å². The lowest BCUT2D eigenvalue weighted by molar-refractivity contribution is -0.153. The highest BCUT2D eigenvalue weighted by Crippen LogP contribution is 2.24. The Morgan fingerprint density at radius 1 is 1.28 bits per heavy atom. The molecular formula is C12H12ClF3O2. The third kappa shape index (κ3) is 4.56. The van der Waals surface area contributed by atoms with Crippen LogP contribution < -0.4 is 4.74 Å². The van der Waals surface area contributed by atoms with E-state index < -0.39 is 18.0 Å². The summed E-state index contributed by atoms with van der Waals surface area (Å²) in [5.41, 5.74) is 2.08. The van der Waals surface area contributed by atoms with Crippen molar-refractivity contribution in [2.45, 2.75) is 26.4 Å². The van der Waals surface area contributed by atoms with Crippen molar-refractivity contribution in [3.05, 3.63) is 28.8 Å². The van der Waals surface area contributed by atoms with Gasteiger partial charge >= 0.3 is 6.18 Å². The molecule has 0 N–H and O–H groups in total. The van der Waals surface area contributed by atoms with E-state index in [2.05, 4.69) is 4.74 Å². The SMILES string of the molecule is Cc1cc(OCC(F)(F)F)cc(C)c1CC(=O)Cl. The van der Waals surface area contributed by atoms with Crippen LogP contribution in [0.3, 0.4) is 0 Å². The fourth-order valence-electron chi connectivity index (χ4n) is 1.62. The number of hydrogen-bond acceptors (Lipinski definition) is 2. The number of hydrogen-bond donors (Lipinski definition) is 0. The van der Waals surface area contributed by atoms with Gasteiger partial charge in [-0.15, -0.1) is 0 Å². The highest BCUT2D eigenvalue weighted by molar-refractivity contribution is 6.63. The molecule has 0 aliphatic carbocycles. The first kappa shape index (κ1) is 14.8. The van der Waals surface area contributed by atoms with Gasteiger partial charge in [0.05, 0.1) is 0 Å². The molecule has 0 aromatic heterocycles. The minimum absolute atomic E-state index is 0.0543. The fourth-order valence-corrected chi connectivity index (χ4v) is 1.75. The Kier molecular flexibility index (Phi) is 4.62. The van der Waals surface area contributed by atoms with Crippen LogP contribution in [0.25, 0.3) is 0 Å². The minimum atomic E-state index is -4.37. The first-order valence-electron chi connectivity index (χ1n) is 5.17. The second-order valence-corrected chi connectivity index (χ2v) is 4.39. The molecule has 6 heteroatoms. The zero-order valence-corrected chi connectivity index (χ0v) is 10.7. The van der Waals surface area contributed by atoms with Gasteiger partial charge in [0.25, 0.3) is 0 Å². The number of carbonyl (C=O) groups excluding carboxylic acids is 1. The van der Waals surface area contributed by atoms with Gasteiger partial charge in [-0.1, -0.05) is 0 Å². The maximum absolute atomic E-state index is 12.0. The van der Waals surface area contributed by atoms with Gasteiger partial charge in [-0.3, -0.25) is 4.79 Å². The summed E-state index contributed by atoms with van der Waals surface area (Å²) in [6.45, 7) is 2.06. The van der Waals surface area contributed by atoms with Gasteiger partial charge in [0.1, 0.15) is 5.75 Å². The van der Waals surface area contributed by atoms with E-state index in [4.69, 9.17) is 11.6 Å². The quantitative estimate of drug-likeness (QED) is 0.789. The Morgan fingerprint density at radius 3 is 2.17 bits per heavy atom. The molecule has 0 bridgehead atoms. The van der Waals surface area contributed by atoms with E-state index in [0.717, 1.165) is 0 Å². The third-order valence-electron chi connectivity index (χ3n) is 2.39. The average molecular weight is 281 g/mol. The largest absolute Gasteiger partial charge is 0.484 e. The molecule has 0 saturated heterocycles. The number of rotatable bonds is 4. The summed E-state index contributed by atoms with van der Waals surface area (Å²) >= 11 is 5.30. The van der Waals surface area contributed by atoms with Crippen LogP contribution in [0.1, 0.15) is 16.7 Å². The Labute approximate surface area is 108 Å². The molecule has 0 unspecified atom stereocenters. The summed E-state index contributed by atoms with van der Waals surface area (Å²) in [6.07, 6.45) is -4.31. The summed E-state index contributed by atoms with van der Waals surface area (Å²) in [5, 5.41) is -0.509. The zero-order valence-electron chi connectivity index (χ0n) is 9.90. The number of benzene rings is 1. The highest BCUT2D eigenvalue weighted by Gasteiger charge is 2.28. The number of alkyl halides is 3. The molecule has 0 saturated carbocycles. The van der Waals surface area contributed by atoms with E-state index in [1.165, 1.54) is 12.1 Å². The summed E-state index contributed by atoms with van der Waals surface area (Å²) in [7, 11) is 0. The van der Waals surface area contributed by atoms with Gasteiger partial charge < -0.3 is 4.74 Å². The molecule has 100 valence electrons. The molecule has 18 heavy (non-hydrogen) atoms. The number of halogens is 4. The molecule has 0 spiro atoms. The highest BCUT2D eigenvalue weighted by atomic mass is 35.5. The predicted octanol–water partition coefficient (Wildman–Crippen LogP) is 3.55. The number of aryl methyl sites for hydroxylation is 2. The lowest BCUT2D eigenvalue weighted by atomic mass is 10.00. The maximum Gasteiger partial charge on any atom is 0.422 e. The van der Waals surface area contributed by atoms with Gasteiger partial charge in [0.15, 0.2) is 6.61 Å². The lowest BCUT2D eigenvalue weighted by Crippen LogP contribution is -2.19. The van der Waals surface area contributed by atoms with Gasteiger partial charge in [-0.05, 0) is 54.3 Å².